The minimum atomic E-state index is 0.0729. The monoisotopic (exact) mass is 267 g/mol. The van der Waals surface area contributed by atoms with E-state index in [1.807, 2.05) is 29.2 Å². The first-order chi connectivity index (χ1) is 8.74. The van der Waals surface area contributed by atoms with Crippen LogP contribution >= 0.6 is 11.6 Å². The molecule has 0 spiro atoms. The molecule has 1 atom stereocenters. The molecule has 0 aromatic heterocycles. The molecule has 1 aliphatic heterocycles. The summed E-state index contributed by atoms with van der Waals surface area (Å²) in [4.78, 5) is 14.2. The van der Waals surface area contributed by atoms with Crippen molar-refractivity contribution in [2.45, 2.75) is 24.8 Å². The predicted molar refractivity (Wildman–Crippen MR) is 71.9 cm³/mol. The van der Waals surface area contributed by atoms with Gasteiger partial charge in [0.25, 0.3) is 5.91 Å². The smallest absolute Gasteiger partial charge is 0.253 e. The number of methoxy groups -OCH3 is 1. The number of carbonyl (C=O) groups is 1. The molecule has 1 heterocycles. The number of likely N-dealkylation sites (tertiary alicyclic amines) is 1. The van der Waals surface area contributed by atoms with Gasteiger partial charge in [0.15, 0.2) is 0 Å². The number of hydrogen-bond acceptors (Lipinski definition) is 2. The van der Waals surface area contributed by atoms with E-state index in [1.54, 1.807) is 7.11 Å². The number of nitrogens with zero attached hydrogens (tertiary/aromatic N) is 1. The van der Waals surface area contributed by atoms with E-state index in [1.165, 1.54) is 0 Å². The lowest BCUT2D eigenvalue weighted by Gasteiger charge is -2.32. The Hall–Kier alpha value is -1.06. The highest BCUT2D eigenvalue weighted by molar-refractivity contribution is 6.17. The van der Waals surface area contributed by atoms with Crippen molar-refractivity contribution in [1.82, 2.24) is 4.90 Å². The SMILES string of the molecule is COC1CCCN(C(=O)c2cccc(CCl)c2)C1. The molecule has 1 amide bonds. The van der Waals surface area contributed by atoms with Crippen molar-refractivity contribution in [3.63, 3.8) is 0 Å². The fraction of sp³-hybridized carbons (Fsp3) is 0.500. The lowest BCUT2D eigenvalue weighted by Crippen LogP contribution is -2.42. The Kier molecular flexibility index (Phi) is 4.61. The number of amides is 1. The highest BCUT2D eigenvalue weighted by atomic mass is 35.5. The number of benzene rings is 1. The van der Waals surface area contributed by atoms with Crippen LogP contribution in [0.5, 0.6) is 0 Å². The normalized spacial score (nSPS) is 19.9. The third-order valence-electron chi connectivity index (χ3n) is 3.33. The molecule has 1 unspecified atom stereocenters. The first-order valence-electron chi connectivity index (χ1n) is 6.21. The zero-order chi connectivity index (χ0) is 13.0. The van der Waals surface area contributed by atoms with Crippen molar-refractivity contribution in [3.8, 4) is 0 Å². The average Bonchev–Trinajstić information content (AvgIpc) is 2.46. The molecule has 0 aliphatic carbocycles. The van der Waals surface area contributed by atoms with Crippen molar-refractivity contribution < 1.29 is 9.53 Å². The van der Waals surface area contributed by atoms with Crippen LogP contribution in [0, 0.1) is 0 Å². The van der Waals surface area contributed by atoms with Gasteiger partial charge in [-0.2, -0.15) is 0 Å². The molecule has 0 radical (unpaired) electrons. The van der Waals surface area contributed by atoms with Crippen molar-refractivity contribution in [1.29, 1.82) is 0 Å². The van der Waals surface area contributed by atoms with Gasteiger partial charge in [0.05, 0.1) is 6.10 Å². The molecule has 1 aromatic carbocycles. The third kappa shape index (κ3) is 3.03. The van der Waals surface area contributed by atoms with Gasteiger partial charge < -0.3 is 9.64 Å². The minimum absolute atomic E-state index is 0.0729. The fourth-order valence-electron chi connectivity index (χ4n) is 2.29. The Morgan fingerprint density at radius 3 is 3.11 bits per heavy atom. The standard InChI is InChI=1S/C14H18ClNO2/c1-18-13-6-3-7-16(10-13)14(17)12-5-2-4-11(8-12)9-15/h2,4-5,8,13H,3,6-7,9-10H2,1H3. The molecule has 4 heteroatoms. The lowest BCUT2D eigenvalue weighted by molar-refractivity contribution is 0.0269. The van der Waals surface area contributed by atoms with Crippen LogP contribution in [0.1, 0.15) is 28.8 Å². The molecule has 1 aliphatic rings. The quantitative estimate of drug-likeness (QED) is 0.788. The molecule has 0 N–H and O–H groups in total. The number of hydrogen-bond donors (Lipinski definition) is 0. The zero-order valence-corrected chi connectivity index (χ0v) is 11.3. The molecule has 3 nitrogen and oxygen atoms in total. The Morgan fingerprint density at radius 2 is 2.39 bits per heavy atom. The van der Waals surface area contributed by atoms with Gasteiger partial charge in [-0.3, -0.25) is 4.79 Å². The maximum atomic E-state index is 12.4. The fourth-order valence-corrected chi connectivity index (χ4v) is 2.45. The Balaban J connectivity index is 2.10. The van der Waals surface area contributed by atoms with Gasteiger partial charge in [-0.05, 0) is 30.5 Å². The molecule has 98 valence electrons. The lowest BCUT2D eigenvalue weighted by atomic mass is 10.1. The van der Waals surface area contributed by atoms with Crippen LogP contribution in [0.15, 0.2) is 24.3 Å². The number of rotatable bonds is 3. The number of piperidine rings is 1. The summed E-state index contributed by atoms with van der Waals surface area (Å²) in [6.07, 6.45) is 2.19. The first kappa shape index (κ1) is 13.4. The van der Waals surface area contributed by atoms with E-state index in [0.29, 0.717) is 18.0 Å². The highest BCUT2D eigenvalue weighted by Crippen LogP contribution is 2.16. The van der Waals surface area contributed by atoms with Gasteiger partial charge in [-0.15, -0.1) is 11.6 Å². The Labute approximate surface area is 113 Å². The maximum absolute atomic E-state index is 12.4. The molecule has 1 saturated heterocycles. The summed E-state index contributed by atoms with van der Waals surface area (Å²) in [5.41, 5.74) is 1.69. The van der Waals surface area contributed by atoms with E-state index in [0.717, 1.165) is 24.9 Å². The zero-order valence-electron chi connectivity index (χ0n) is 10.6. The van der Waals surface area contributed by atoms with E-state index in [9.17, 15) is 4.79 Å². The summed E-state index contributed by atoms with van der Waals surface area (Å²) >= 11 is 5.79. The summed E-state index contributed by atoms with van der Waals surface area (Å²) in [6, 6.07) is 7.52. The van der Waals surface area contributed by atoms with Gasteiger partial charge >= 0.3 is 0 Å². The summed E-state index contributed by atoms with van der Waals surface area (Å²) in [6.45, 7) is 1.49. The van der Waals surface area contributed by atoms with Gasteiger partial charge in [-0.25, -0.2) is 0 Å². The third-order valence-corrected chi connectivity index (χ3v) is 3.64. The van der Waals surface area contributed by atoms with Crippen molar-refractivity contribution in [3.05, 3.63) is 35.4 Å². The number of halogens is 1. The highest BCUT2D eigenvalue weighted by Gasteiger charge is 2.24. The van der Waals surface area contributed by atoms with Crippen molar-refractivity contribution >= 4 is 17.5 Å². The van der Waals surface area contributed by atoms with E-state index in [-0.39, 0.29) is 12.0 Å². The van der Waals surface area contributed by atoms with E-state index in [4.69, 9.17) is 16.3 Å². The van der Waals surface area contributed by atoms with Gasteiger partial charge in [0.1, 0.15) is 0 Å². The average molecular weight is 268 g/mol. The van der Waals surface area contributed by atoms with E-state index < -0.39 is 0 Å². The minimum Gasteiger partial charge on any atom is -0.380 e. The van der Waals surface area contributed by atoms with Crippen LogP contribution in [-0.2, 0) is 10.6 Å². The molecular weight excluding hydrogens is 250 g/mol. The van der Waals surface area contributed by atoms with E-state index >= 15 is 0 Å². The second-order valence-electron chi connectivity index (χ2n) is 4.59. The van der Waals surface area contributed by atoms with Crippen LogP contribution in [0.4, 0.5) is 0 Å². The maximum Gasteiger partial charge on any atom is 0.253 e. The number of carbonyl (C=O) groups excluding carboxylic acids is 1. The first-order valence-corrected chi connectivity index (χ1v) is 6.75. The molecule has 1 aromatic rings. The molecular formula is C14H18ClNO2. The van der Waals surface area contributed by atoms with Gasteiger partial charge in [0, 0.05) is 31.6 Å². The summed E-state index contributed by atoms with van der Waals surface area (Å²) in [5.74, 6) is 0.505. The van der Waals surface area contributed by atoms with Crippen LogP contribution in [0.3, 0.4) is 0 Å². The largest absolute Gasteiger partial charge is 0.380 e. The molecule has 2 rings (SSSR count). The number of alkyl halides is 1. The predicted octanol–water partition coefficient (Wildman–Crippen LogP) is 2.68. The summed E-state index contributed by atoms with van der Waals surface area (Å²) in [5, 5.41) is 0. The molecule has 0 bridgehead atoms. The van der Waals surface area contributed by atoms with E-state index in [2.05, 4.69) is 0 Å². The Bertz CT molecular complexity index is 422. The van der Waals surface area contributed by atoms with Crippen molar-refractivity contribution in [2.75, 3.05) is 20.2 Å². The van der Waals surface area contributed by atoms with Crippen LogP contribution in [0.2, 0.25) is 0 Å². The van der Waals surface area contributed by atoms with Crippen molar-refractivity contribution in [2.24, 2.45) is 0 Å². The second-order valence-corrected chi connectivity index (χ2v) is 4.85. The number of ether oxygens (including phenoxy) is 1. The Morgan fingerprint density at radius 1 is 1.56 bits per heavy atom. The molecule has 1 fully saturated rings. The second kappa shape index (κ2) is 6.21. The van der Waals surface area contributed by atoms with Crippen LogP contribution in [-0.4, -0.2) is 37.1 Å². The molecule has 0 saturated carbocycles. The molecule has 18 heavy (non-hydrogen) atoms. The summed E-state index contributed by atoms with van der Waals surface area (Å²) < 4.78 is 5.34. The van der Waals surface area contributed by atoms with Gasteiger partial charge in [0.2, 0.25) is 0 Å². The van der Waals surface area contributed by atoms with Crippen LogP contribution < -0.4 is 0 Å². The summed E-state index contributed by atoms with van der Waals surface area (Å²) in [7, 11) is 1.70. The van der Waals surface area contributed by atoms with Crippen LogP contribution in [0.25, 0.3) is 0 Å². The topological polar surface area (TPSA) is 29.5 Å². The van der Waals surface area contributed by atoms with Gasteiger partial charge in [-0.1, -0.05) is 12.1 Å².